The van der Waals surface area contributed by atoms with Crippen molar-refractivity contribution < 1.29 is 9.53 Å². The van der Waals surface area contributed by atoms with E-state index in [-0.39, 0.29) is 6.10 Å². The zero-order valence-corrected chi connectivity index (χ0v) is 17.6. The average molecular weight is 423 g/mol. The minimum Gasteiger partial charge on any atom is -0.459 e. The van der Waals surface area contributed by atoms with Crippen LogP contribution in [0.4, 0.5) is 5.69 Å². The van der Waals surface area contributed by atoms with Crippen LogP contribution in [0, 0.1) is 0 Å². The number of benzene rings is 2. The number of rotatable bonds is 4. The van der Waals surface area contributed by atoms with E-state index < -0.39 is 5.97 Å². The molecule has 0 amide bonds. The van der Waals surface area contributed by atoms with E-state index in [4.69, 9.17) is 27.1 Å². The number of hydrogen-bond acceptors (Lipinski definition) is 5. The van der Waals surface area contributed by atoms with E-state index in [0.29, 0.717) is 20.4 Å². The molecule has 4 aromatic rings. The molecule has 0 atom stereocenters. The molecule has 0 aliphatic rings. The van der Waals surface area contributed by atoms with Crippen LogP contribution < -0.4 is 5.73 Å². The standard InChI is InChI=1S/C23H19ClN2O2S/c1-13(2)28-23(27)21-20(25)19-17(14-8-10-16(24)11-9-14)12-18(26-22(19)29-21)15-6-4-3-5-7-15/h3-13H,25H2,1-2H3. The molecule has 0 spiro atoms. The van der Waals surface area contributed by atoms with Gasteiger partial charge in [-0.3, -0.25) is 0 Å². The number of halogens is 1. The van der Waals surface area contributed by atoms with Crippen molar-refractivity contribution in [2.75, 3.05) is 5.73 Å². The molecule has 4 nitrogen and oxygen atoms in total. The topological polar surface area (TPSA) is 65.2 Å². The predicted octanol–water partition coefficient (Wildman–Crippen LogP) is 6.43. The third kappa shape index (κ3) is 3.84. The fourth-order valence-corrected chi connectivity index (χ4v) is 4.28. The number of carbonyl (C=O) groups is 1. The second kappa shape index (κ2) is 7.85. The van der Waals surface area contributed by atoms with E-state index in [0.717, 1.165) is 27.8 Å². The summed E-state index contributed by atoms with van der Waals surface area (Å²) in [6.45, 7) is 3.62. The first-order valence-electron chi connectivity index (χ1n) is 9.19. The molecule has 29 heavy (non-hydrogen) atoms. The van der Waals surface area contributed by atoms with Gasteiger partial charge in [-0.05, 0) is 43.2 Å². The number of carbonyl (C=O) groups excluding carboxylic acids is 1. The fourth-order valence-electron chi connectivity index (χ4n) is 3.15. The second-order valence-electron chi connectivity index (χ2n) is 6.91. The number of pyridine rings is 1. The summed E-state index contributed by atoms with van der Waals surface area (Å²) in [6.07, 6.45) is -0.226. The minimum atomic E-state index is -0.427. The molecule has 146 valence electrons. The summed E-state index contributed by atoms with van der Waals surface area (Å²) in [5.41, 5.74) is 10.5. The number of ether oxygens (including phenoxy) is 1. The predicted molar refractivity (Wildman–Crippen MR) is 120 cm³/mol. The largest absolute Gasteiger partial charge is 0.459 e. The molecule has 2 heterocycles. The summed E-state index contributed by atoms with van der Waals surface area (Å²) in [6, 6.07) is 19.5. The van der Waals surface area contributed by atoms with E-state index in [9.17, 15) is 4.79 Å². The molecule has 0 fully saturated rings. The van der Waals surface area contributed by atoms with Crippen molar-refractivity contribution in [2.45, 2.75) is 20.0 Å². The summed E-state index contributed by atoms with van der Waals surface area (Å²) in [7, 11) is 0. The van der Waals surface area contributed by atoms with E-state index >= 15 is 0 Å². The van der Waals surface area contributed by atoms with Crippen molar-refractivity contribution in [1.29, 1.82) is 0 Å². The fraction of sp³-hybridized carbons (Fsp3) is 0.130. The Morgan fingerprint density at radius 3 is 2.41 bits per heavy atom. The Balaban J connectivity index is 1.98. The summed E-state index contributed by atoms with van der Waals surface area (Å²) in [4.78, 5) is 18.4. The third-order valence-corrected chi connectivity index (χ3v) is 5.78. The lowest BCUT2D eigenvalue weighted by Crippen LogP contribution is -2.11. The number of hydrogen-bond donors (Lipinski definition) is 1. The van der Waals surface area contributed by atoms with Crippen LogP contribution >= 0.6 is 22.9 Å². The average Bonchev–Trinajstić information content (AvgIpc) is 3.05. The highest BCUT2D eigenvalue weighted by Crippen LogP contribution is 2.41. The molecule has 0 saturated heterocycles. The number of nitrogens with zero attached hydrogens (tertiary/aromatic N) is 1. The van der Waals surface area contributed by atoms with Crippen molar-refractivity contribution in [3.63, 3.8) is 0 Å². The summed E-state index contributed by atoms with van der Waals surface area (Å²) in [5.74, 6) is -0.427. The van der Waals surface area contributed by atoms with Crippen LogP contribution in [0.25, 0.3) is 32.6 Å². The van der Waals surface area contributed by atoms with E-state index in [2.05, 4.69) is 0 Å². The van der Waals surface area contributed by atoms with Gasteiger partial charge in [-0.15, -0.1) is 11.3 Å². The van der Waals surface area contributed by atoms with Gasteiger partial charge in [0.05, 0.1) is 17.5 Å². The number of aromatic nitrogens is 1. The Morgan fingerprint density at radius 2 is 1.76 bits per heavy atom. The smallest absolute Gasteiger partial charge is 0.350 e. The van der Waals surface area contributed by atoms with Gasteiger partial charge in [0.25, 0.3) is 0 Å². The second-order valence-corrected chi connectivity index (χ2v) is 8.34. The molecular weight excluding hydrogens is 404 g/mol. The van der Waals surface area contributed by atoms with Crippen LogP contribution in [-0.4, -0.2) is 17.1 Å². The SMILES string of the molecule is CC(C)OC(=O)c1sc2nc(-c3ccccc3)cc(-c3ccc(Cl)cc3)c2c1N. The Hall–Kier alpha value is -2.89. The number of fused-ring (bicyclic) bond motifs is 1. The summed E-state index contributed by atoms with van der Waals surface area (Å²) < 4.78 is 5.37. The van der Waals surface area contributed by atoms with Crippen molar-refractivity contribution in [2.24, 2.45) is 0 Å². The molecule has 0 aliphatic heterocycles. The molecule has 0 radical (unpaired) electrons. The highest BCUT2D eigenvalue weighted by molar-refractivity contribution is 7.21. The summed E-state index contributed by atoms with van der Waals surface area (Å²) in [5, 5.41) is 1.41. The van der Waals surface area contributed by atoms with Crippen molar-refractivity contribution in [3.8, 4) is 22.4 Å². The lowest BCUT2D eigenvalue weighted by atomic mass is 9.99. The van der Waals surface area contributed by atoms with Crippen LogP contribution in [0.15, 0.2) is 60.7 Å². The first-order valence-corrected chi connectivity index (χ1v) is 10.4. The van der Waals surface area contributed by atoms with Gasteiger partial charge in [0.2, 0.25) is 0 Å². The monoisotopic (exact) mass is 422 g/mol. The third-order valence-electron chi connectivity index (χ3n) is 4.45. The molecule has 4 rings (SSSR count). The minimum absolute atomic E-state index is 0.226. The number of anilines is 1. The lowest BCUT2D eigenvalue weighted by molar-refractivity contribution is 0.0385. The van der Waals surface area contributed by atoms with Crippen LogP contribution in [-0.2, 0) is 4.74 Å². The number of nitrogens with two attached hydrogens (primary N) is 1. The number of esters is 1. The van der Waals surface area contributed by atoms with Gasteiger partial charge in [-0.1, -0.05) is 54.1 Å². The normalized spacial score (nSPS) is 11.2. The van der Waals surface area contributed by atoms with E-state index in [1.54, 1.807) is 0 Å². The Labute approximate surface area is 177 Å². The molecule has 2 aromatic heterocycles. The van der Waals surface area contributed by atoms with Crippen molar-refractivity contribution in [3.05, 3.63) is 70.6 Å². The summed E-state index contributed by atoms with van der Waals surface area (Å²) >= 11 is 7.33. The maximum absolute atomic E-state index is 12.6. The molecule has 6 heteroatoms. The van der Waals surface area contributed by atoms with Gasteiger partial charge < -0.3 is 10.5 Å². The lowest BCUT2D eigenvalue weighted by Gasteiger charge is -2.09. The van der Waals surface area contributed by atoms with Gasteiger partial charge in [0.1, 0.15) is 9.71 Å². The van der Waals surface area contributed by atoms with Crippen molar-refractivity contribution >= 4 is 44.8 Å². The van der Waals surface area contributed by atoms with Crippen LogP contribution in [0.5, 0.6) is 0 Å². The zero-order chi connectivity index (χ0) is 20.5. The van der Waals surface area contributed by atoms with Crippen LogP contribution in [0.2, 0.25) is 5.02 Å². The van der Waals surface area contributed by atoms with Crippen LogP contribution in [0.1, 0.15) is 23.5 Å². The Morgan fingerprint density at radius 1 is 1.07 bits per heavy atom. The van der Waals surface area contributed by atoms with Gasteiger partial charge in [0.15, 0.2) is 0 Å². The molecular formula is C23H19ClN2O2S. The quantitative estimate of drug-likeness (QED) is 0.385. The highest BCUT2D eigenvalue weighted by atomic mass is 35.5. The van der Waals surface area contributed by atoms with Gasteiger partial charge in [-0.25, -0.2) is 9.78 Å². The maximum Gasteiger partial charge on any atom is 0.350 e. The van der Waals surface area contributed by atoms with Crippen LogP contribution in [0.3, 0.4) is 0 Å². The van der Waals surface area contributed by atoms with Gasteiger partial charge in [-0.2, -0.15) is 0 Å². The molecule has 0 aliphatic carbocycles. The number of thiophene rings is 1. The van der Waals surface area contributed by atoms with Gasteiger partial charge >= 0.3 is 5.97 Å². The molecule has 2 N–H and O–H groups in total. The number of nitrogen functional groups attached to an aromatic ring is 1. The zero-order valence-electron chi connectivity index (χ0n) is 16.0. The van der Waals surface area contributed by atoms with Crippen molar-refractivity contribution in [1.82, 2.24) is 4.98 Å². The Bertz CT molecular complexity index is 1190. The van der Waals surface area contributed by atoms with E-state index in [1.165, 1.54) is 11.3 Å². The maximum atomic E-state index is 12.6. The highest BCUT2D eigenvalue weighted by Gasteiger charge is 2.23. The molecule has 0 bridgehead atoms. The Kier molecular flexibility index (Phi) is 5.26. The molecule has 0 saturated carbocycles. The first-order chi connectivity index (χ1) is 13.9. The molecule has 2 aromatic carbocycles. The van der Waals surface area contributed by atoms with Gasteiger partial charge in [0, 0.05) is 16.0 Å². The molecule has 0 unspecified atom stereocenters. The van der Waals surface area contributed by atoms with E-state index in [1.807, 2.05) is 74.5 Å². The first kappa shape index (κ1) is 19.4.